The van der Waals surface area contributed by atoms with Crippen LogP contribution in [0.5, 0.6) is 0 Å². The van der Waals surface area contributed by atoms with Gasteiger partial charge in [-0.2, -0.15) is 0 Å². The van der Waals surface area contributed by atoms with E-state index in [2.05, 4.69) is 5.32 Å². The fraction of sp³-hybridized carbons (Fsp3) is 0.364. The van der Waals surface area contributed by atoms with E-state index >= 15 is 0 Å². The van der Waals surface area contributed by atoms with Gasteiger partial charge in [0, 0.05) is 5.54 Å². The molecule has 1 rings (SSSR count). The quantitative estimate of drug-likeness (QED) is 0.806. The summed E-state index contributed by atoms with van der Waals surface area (Å²) in [6.07, 6.45) is -0.526. The molecule has 15 heavy (non-hydrogen) atoms. The van der Waals surface area contributed by atoms with E-state index in [0.29, 0.717) is 6.42 Å². The lowest BCUT2D eigenvalue weighted by Crippen LogP contribution is -2.44. The van der Waals surface area contributed by atoms with E-state index < -0.39 is 11.6 Å². The first kappa shape index (κ1) is 11.5. The predicted molar refractivity (Wildman–Crippen MR) is 55.3 cm³/mol. The van der Waals surface area contributed by atoms with Crippen molar-refractivity contribution in [3.8, 4) is 0 Å². The lowest BCUT2D eigenvalue weighted by atomic mass is 9.95. The largest absolute Gasteiger partial charge is 0.465 e. The molecule has 1 amide bonds. The molecule has 0 radical (unpaired) electrons. The number of carbonyl (C=O) groups is 1. The molecule has 0 saturated carbocycles. The average Bonchev–Trinajstić information content (AvgIpc) is 2.06. The SMILES string of the molecule is CC(C)(Cc1ccc(F)cc1)NC(=O)O. The van der Waals surface area contributed by atoms with Crippen LogP contribution in [0.3, 0.4) is 0 Å². The van der Waals surface area contributed by atoms with Crippen LogP contribution in [-0.2, 0) is 6.42 Å². The Balaban J connectivity index is 2.68. The van der Waals surface area contributed by atoms with Crippen LogP contribution >= 0.6 is 0 Å². The van der Waals surface area contributed by atoms with Crippen LogP contribution < -0.4 is 5.32 Å². The van der Waals surface area contributed by atoms with E-state index in [9.17, 15) is 9.18 Å². The molecule has 0 saturated heterocycles. The summed E-state index contributed by atoms with van der Waals surface area (Å²) in [5.74, 6) is -0.289. The summed E-state index contributed by atoms with van der Waals surface area (Å²) in [6.45, 7) is 3.56. The number of rotatable bonds is 3. The highest BCUT2D eigenvalue weighted by Crippen LogP contribution is 2.13. The molecule has 1 aromatic carbocycles. The van der Waals surface area contributed by atoms with Gasteiger partial charge >= 0.3 is 6.09 Å². The Bertz CT molecular complexity index is 346. The number of amides is 1. The minimum atomic E-state index is -1.05. The Hall–Kier alpha value is -1.58. The number of hydrogen-bond acceptors (Lipinski definition) is 1. The maximum Gasteiger partial charge on any atom is 0.405 e. The fourth-order valence-electron chi connectivity index (χ4n) is 1.45. The van der Waals surface area contributed by atoms with Crippen LogP contribution in [0.2, 0.25) is 0 Å². The highest BCUT2D eigenvalue weighted by molar-refractivity contribution is 5.65. The minimum Gasteiger partial charge on any atom is -0.465 e. The van der Waals surface area contributed by atoms with Gasteiger partial charge < -0.3 is 10.4 Å². The van der Waals surface area contributed by atoms with Gasteiger partial charge in [-0.3, -0.25) is 0 Å². The lowest BCUT2D eigenvalue weighted by molar-refractivity contribution is 0.182. The minimum absolute atomic E-state index is 0.289. The fourth-order valence-corrected chi connectivity index (χ4v) is 1.45. The zero-order chi connectivity index (χ0) is 11.5. The number of hydrogen-bond donors (Lipinski definition) is 2. The van der Waals surface area contributed by atoms with Crippen molar-refractivity contribution in [1.29, 1.82) is 0 Å². The van der Waals surface area contributed by atoms with Crippen molar-refractivity contribution < 1.29 is 14.3 Å². The molecule has 0 atom stereocenters. The topological polar surface area (TPSA) is 49.3 Å². The Morgan fingerprint density at radius 3 is 2.40 bits per heavy atom. The van der Waals surface area contributed by atoms with Crippen molar-refractivity contribution in [2.24, 2.45) is 0 Å². The maximum atomic E-state index is 12.6. The zero-order valence-corrected chi connectivity index (χ0v) is 8.75. The van der Waals surface area contributed by atoms with Crippen LogP contribution in [-0.4, -0.2) is 16.7 Å². The second kappa shape index (κ2) is 4.29. The molecule has 0 aliphatic rings. The zero-order valence-electron chi connectivity index (χ0n) is 8.75. The van der Waals surface area contributed by atoms with Crippen LogP contribution in [0.4, 0.5) is 9.18 Å². The van der Waals surface area contributed by atoms with E-state index in [1.807, 2.05) is 0 Å². The van der Waals surface area contributed by atoms with Crippen molar-refractivity contribution in [2.75, 3.05) is 0 Å². The van der Waals surface area contributed by atoms with Gasteiger partial charge in [-0.25, -0.2) is 9.18 Å². The first-order valence-electron chi connectivity index (χ1n) is 4.65. The van der Waals surface area contributed by atoms with Crippen LogP contribution in [0, 0.1) is 5.82 Å². The van der Waals surface area contributed by atoms with Gasteiger partial charge in [0.2, 0.25) is 0 Å². The van der Waals surface area contributed by atoms with Gasteiger partial charge in [0.25, 0.3) is 0 Å². The molecule has 3 nitrogen and oxygen atoms in total. The normalized spacial score (nSPS) is 11.1. The molecule has 0 spiro atoms. The Morgan fingerprint density at radius 2 is 1.93 bits per heavy atom. The van der Waals surface area contributed by atoms with Crippen LogP contribution in [0.15, 0.2) is 24.3 Å². The molecular weight excluding hydrogens is 197 g/mol. The summed E-state index contributed by atoms with van der Waals surface area (Å²) in [5, 5.41) is 11.0. The summed E-state index contributed by atoms with van der Waals surface area (Å²) < 4.78 is 12.6. The molecule has 0 aliphatic carbocycles. The molecule has 0 fully saturated rings. The molecule has 2 N–H and O–H groups in total. The van der Waals surface area contributed by atoms with Gasteiger partial charge in [-0.05, 0) is 38.0 Å². The van der Waals surface area contributed by atoms with E-state index in [0.717, 1.165) is 5.56 Å². The molecule has 1 aromatic rings. The van der Waals surface area contributed by atoms with Gasteiger partial charge in [0.1, 0.15) is 5.82 Å². The summed E-state index contributed by atoms with van der Waals surface area (Å²) in [4.78, 5) is 10.5. The Morgan fingerprint density at radius 1 is 1.40 bits per heavy atom. The number of benzene rings is 1. The Kier molecular flexibility index (Phi) is 3.29. The van der Waals surface area contributed by atoms with Gasteiger partial charge in [0.15, 0.2) is 0 Å². The second-order valence-electron chi connectivity index (χ2n) is 4.12. The van der Waals surface area contributed by atoms with Gasteiger partial charge in [0.05, 0.1) is 0 Å². The van der Waals surface area contributed by atoms with Crippen molar-refractivity contribution in [3.05, 3.63) is 35.6 Å². The highest BCUT2D eigenvalue weighted by Gasteiger charge is 2.20. The van der Waals surface area contributed by atoms with E-state index in [4.69, 9.17) is 5.11 Å². The predicted octanol–water partition coefficient (Wildman–Crippen LogP) is 2.41. The van der Waals surface area contributed by atoms with Crippen molar-refractivity contribution in [2.45, 2.75) is 25.8 Å². The third kappa shape index (κ3) is 3.97. The number of nitrogens with one attached hydrogen (secondary N) is 1. The molecule has 0 aliphatic heterocycles. The van der Waals surface area contributed by atoms with Crippen molar-refractivity contribution >= 4 is 6.09 Å². The van der Waals surface area contributed by atoms with E-state index in [1.165, 1.54) is 12.1 Å². The first-order valence-corrected chi connectivity index (χ1v) is 4.65. The van der Waals surface area contributed by atoms with Gasteiger partial charge in [-0.15, -0.1) is 0 Å². The second-order valence-corrected chi connectivity index (χ2v) is 4.12. The first-order chi connectivity index (χ1) is 6.89. The number of halogens is 1. The van der Waals surface area contributed by atoms with Gasteiger partial charge in [-0.1, -0.05) is 12.1 Å². The third-order valence-electron chi connectivity index (χ3n) is 2.00. The van der Waals surface area contributed by atoms with E-state index in [1.54, 1.807) is 26.0 Å². The highest BCUT2D eigenvalue weighted by atomic mass is 19.1. The molecular formula is C11H14FNO2. The van der Waals surface area contributed by atoms with Crippen LogP contribution in [0.1, 0.15) is 19.4 Å². The summed E-state index contributed by atoms with van der Waals surface area (Å²) in [7, 11) is 0. The standard InChI is InChI=1S/C11H14FNO2/c1-11(2,13-10(14)15)7-8-3-5-9(12)6-4-8/h3-6,13H,7H2,1-2H3,(H,14,15). The molecule has 0 aromatic heterocycles. The van der Waals surface area contributed by atoms with Crippen LogP contribution in [0.25, 0.3) is 0 Å². The summed E-state index contributed by atoms with van der Waals surface area (Å²) >= 11 is 0. The molecule has 0 unspecified atom stereocenters. The smallest absolute Gasteiger partial charge is 0.405 e. The summed E-state index contributed by atoms with van der Waals surface area (Å²) in [5.41, 5.74) is 0.346. The molecule has 0 heterocycles. The molecule has 82 valence electrons. The number of carboxylic acid groups (broad SMARTS) is 1. The molecule has 4 heteroatoms. The molecule has 0 bridgehead atoms. The summed E-state index contributed by atoms with van der Waals surface area (Å²) in [6, 6.07) is 6.04. The monoisotopic (exact) mass is 211 g/mol. The van der Waals surface area contributed by atoms with Crippen molar-refractivity contribution in [1.82, 2.24) is 5.32 Å². The van der Waals surface area contributed by atoms with E-state index in [-0.39, 0.29) is 5.82 Å². The maximum absolute atomic E-state index is 12.6. The lowest BCUT2D eigenvalue weighted by Gasteiger charge is -2.24. The van der Waals surface area contributed by atoms with Crippen molar-refractivity contribution in [3.63, 3.8) is 0 Å². The third-order valence-corrected chi connectivity index (χ3v) is 2.00. The Labute approximate surface area is 87.9 Å². The average molecular weight is 211 g/mol.